The van der Waals surface area contributed by atoms with E-state index < -0.39 is 11.0 Å². The maximum absolute atomic E-state index is 13.4. The van der Waals surface area contributed by atoms with E-state index in [1.807, 2.05) is 18.2 Å². The first-order valence-corrected chi connectivity index (χ1v) is 9.46. The minimum atomic E-state index is -1.69. The molecule has 0 spiro atoms. The van der Waals surface area contributed by atoms with Gasteiger partial charge in [0.05, 0.1) is 25.2 Å². The molecule has 2 aromatic carbocycles. The summed E-state index contributed by atoms with van der Waals surface area (Å²) in [5, 5.41) is 11.9. The van der Waals surface area contributed by atoms with Gasteiger partial charge in [-0.2, -0.15) is 0 Å². The van der Waals surface area contributed by atoms with Crippen LogP contribution < -0.4 is 9.47 Å². The molecule has 28 heavy (non-hydrogen) atoms. The van der Waals surface area contributed by atoms with E-state index in [1.54, 1.807) is 19.2 Å². The standard InChI is InChI=1S/C24H22O4/c1-14-12-23(11-10-16(14)17-7-5-4-6-15(17)13-23)24(26)21-19(28-3)9-8-18(27-2)20(21)22(24)25/h4-12,16,26H,13H2,1-3H3. The first-order valence-electron chi connectivity index (χ1n) is 9.46. The van der Waals surface area contributed by atoms with Crippen molar-refractivity contribution in [3.8, 4) is 11.5 Å². The lowest BCUT2D eigenvalue weighted by Gasteiger charge is -2.50. The molecule has 0 saturated heterocycles. The van der Waals surface area contributed by atoms with Crippen molar-refractivity contribution in [1.82, 2.24) is 0 Å². The van der Waals surface area contributed by atoms with Crippen LogP contribution in [0.1, 0.15) is 39.9 Å². The summed E-state index contributed by atoms with van der Waals surface area (Å²) in [6.45, 7) is 2.07. The molecule has 6 rings (SSSR count). The Morgan fingerprint density at radius 1 is 1.07 bits per heavy atom. The maximum Gasteiger partial charge on any atom is 0.204 e. The number of rotatable bonds is 3. The first-order chi connectivity index (χ1) is 13.5. The summed E-state index contributed by atoms with van der Waals surface area (Å²) in [7, 11) is 3.08. The van der Waals surface area contributed by atoms with Crippen molar-refractivity contribution < 1.29 is 19.4 Å². The highest BCUT2D eigenvalue weighted by Gasteiger charge is 2.65. The number of Topliss-reactive ketones (excluding diaryl/α,β-unsaturated/α-hetero) is 1. The second-order valence-electron chi connectivity index (χ2n) is 7.90. The first kappa shape index (κ1) is 17.3. The molecular weight excluding hydrogens is 352 g/mol. The average molecular weight is 374 g/mol. The SMILES string of the molecule is COc1ccc(OC)c2c1C(=O)C2(O)C12C=CC(C(C)=C1)c1ccccc1C2. The molecule has 1 N–H and O–H groups in total. The number of hydrogen-bond donors (Lipinski definition) is 1. The smallest absolute Gasteiger partial charge is 0.204 e. The monoisotopic (exact) mass is 374 g/mol. The van der Waals surface area contributed by atoms with Crippen molar-refractivity contribution in [3.05, 3.63) is 82.5 Å². The Morgan fingerprint density at radius 3 is 2.50 bits per heavy atom. The number of aliphatic hydroxyl groups is 1. The van der Waals surface area contributed by atoms with E-state index in [0.717, 1.165) is 11.1 Å². The van der Waals surface area contributed by atoms with Crippen molar-refractivity contribution in [2.24, 2.45) is 5.41 Å². The van der Waals surface area contributed by atoms with Crippen LogP contribution in [0.5, 0.6) is 11.5 Å². The minimum absolute atomic E-state index is 0.178. The summed E-state index contributed by atoms with van der Waals surface area (Å²) in [6.07, 6.45) is 6.77. The molecule has 0 fully saturated rings. The van der Waals surface area contributed by atoms with Crippen LogP contribution in [0.15, 0.2) is 60.2 Å². The van der Waals surface area contributed by atoms with Gasteiger partial charge in [0.1, 0.15) is 11.5 Å². The van der Waals surface area contributed by atoms with Gasteiger partial charge in [0.15, 0.2) is 5.60 Å². The molecule has 0 aliphatic heterocycles. The number of allylic oxidation sites excluding steroid dienone is 2. The largest absolute Gasteiger partial charge is 0.496 e. The number of ether oxygens (including phenoxy) is 2. The van der Waals surface area contributed by atoms with Crippen LogP contribution in [0.4, 0.5) is 0 Å². The lowest BCUT2D eigenvalue weighted by atomic mass is 9.54. The van der Waals surface area contributed by atoms with Gasteiger partial charge in [-0.05, 0) is 36.6 Å². The quantitative estimate of drug-likeness (QED) is 0.827. The molecule has 4 heteroatoms. The Balaban J connectivity index is 1.77. The van der Waals surface area contributed by atoms with E-state index in [0.29, 0.717) is 29.0 Å². The van der Waals surface area contributed by atoms with E-state index in [9.17, 15) is 9.90 Å². The molecule has 0 saturated carbocycles. The molecule has 4 aliphatic carbocycles. The lowest BCUT2D eigenvalue weighted by molar-refractivity contribution is -0.0355. The zero-order valence-corrected chi connectivity index (χ0v) is 16.2. The van der Waals surface area contributed by atoms with E-state index in [-0.39, 0.29) is 11.7 Å². The second-order valence-corrected chi connectivity index (χ2v) is 7.90. The molecule has 4 aliphatic rings. The number of hydrogen-bond acceptors (Lipinski definition) is 4. The number of fused-ring (bicyclic) bond motifs is 1. The van der Waals surface area contributed by atoms with Gasteiger partial charge in [-0.25, -0.2) is 0 Å². The number of ketones is 1. The fraction of sp³-hybridized carbons (Fsp3) is 0.292. The van der Waals surface area contributed by atoms with Gasteiger partial charge >= 0.3 is 0 Å². The van der Waals surface area contributed by atoms with Crippen molar-refractivity contribution in [2.45, 2.75) is 24.9 Å². The maximum atomic E-state index is 13.4. The molecule has 2 aromatic rings. The topological polar surface area (TPSA) is 55.8 Å². The third-order valence-corrected chi connectivity index (χ3v) is 6.59. The second kappa shape index (κ2) is 5.58. The van der Waals surface area contributed by atoms with Gasteiger partial charge in [0.25, 0.3) is 0 Å². The van der Waals surface area contributed by atoms with Crippen molar-refractivity contribution in [2.75, 3.05) is 14.2 Å². The van der Waals surface area contributed by atoms with Gasteiger partial charge < -0.3 is 14.6 Å². The van der Waals surface area contributed by atoms with Crippen molar-refractivity contribution >= 4 is 5.78 Å². The summed E-state index contributed by atoms with van der Waals surface area (Å²) in [4.78, 5) is 13.4. The molecule has 0 amide bonds. The predicted octanol–water partition coefficient (Wildman–Crippen LogP) is 3.93. The number of carbonyl (C=O) groups excluding carboxylic acids is 1. The molecule has 3 atom stereocenters. The van der Waals surface area contributed by atoms with Gasteiger partial charge in [-0.1, -0.05) is 48.1 Å². The summed E-state index contributed by atoms with van der Waals surface area (Å²) < 4.78 is 10.9. The normalized spacial score (nSPS) is 29.4. The fourth-order valence-corrected chi connectivity index (χ4v) is 5.25. The van der Waals surface area contributed by atoms with Gasteiger partial charge in [-0.15, -0.1) is 0 Å². The zero-order chi connectivity index (χ0) is 19.7. The van der Waals surface area contributed by atoms with E-state index >= 15 is 0 Å². The summed E-state index contributed by atoms with van der Waals surface area (Å²) in [5.41, 5.74) is 1.92. The minimum Gasteiger partial charge on any atom is -0.496 e. The van der Waals surface area contributed by atoms with E-state index in [4.69, 9.17) is 9.47 Å². The highest BCUT2D eigenvalue weighted by molar-refractivity contribution is 6.16. The molecule has 0 aromatic heterocycles. The van der Waals surface area contributed by atoms with Crippen LogP contribution >= 0.6 is 0 Å². The van der Waals surface area contributed by atoms with Gasteiger partial charge in [0.2, 0.25) is 5.78 Å². The predicted molar refractivity (Wildman–Crippen MR) is 106 cm³/mol. The van der Waals surface area contributed by atoms with Crippen LogP contribution in [-0.2, 0) is 12.0 Å². The molecule has 142 valence electrons. The number of methoxy groups -OCH3 is 2. The molecule has 0 radical (unpaired) electrons. The summed E-state index contributed by atoms with van der Waals surface area (Å²) in [6, 6.07) is 11.7. The Labute approximate surface area is 164 Å². The third-order valence-electron chi connectivity index (χ3n) is 6.59. The molecule has 2 bridgehead atoms. The van der Waals surface area contributed by atoms with Crippen molar-refractivity contribution in [3.63, 3.8) is 0 Å². The number of benzene rings is 2. The van der Waals surface area contributed by atoms with Crippen LogP contribution in [0.3, 0.4) is 0 Å². The summed E-state index contributed by atoms with van der Waals surface area (Å²) >= 11 is 0. The van der Waals surface area contributed by atoms with E-state index in [1.165, 1.54) is 12.7 Å². The van der Waals surface area contributed by atoms with Gasteiger partial charge in [-0.3, -0.25) is 4.79 Å². The van der Waals surface area contributed by atoms with E-state index in [2.05, 4.69) is 31.2 Å². The molecule has 0 heterocycles. The van der Waals surface area contributed by atoms with Crippen LogP contribution in [0, 0.1) is 5.41 Å². The van der Waals surface area contributed by atoms with Crippen LogP contribution in [0.25, 0.3) is 0 Å². The summed E-state index contributed by atoms with van der Waals surface area (Å²) in [5.74, 6) is 0.836. The Morgan fingerprint density at radius 2 is 1.79 bits per heavy atom. The van der Waals surface area contributed by atoms with Crippen molar-refractivity contribution in [1.29, 1.82) is 0 Å². The molecule has 4 nitrogen and oxygen atoms in total. The fourth-order valence-electron chi connectivity index (χ4n) is 5.25. The molecular formula is C24H22O4. The zero-order valence-electron chi connectivity index (χ0n) is 16.2. The Bertz CT molecular complexity index is 1080. The van der Waals surface area contributed by atoms with Crippen LogP contribution in [0.2, 0.25) is 0 Å². The highest BCUT2D eigenvalue weighted by Crippen LogP contribution is 2.61. The Kier molecular flexibility index (Phi) is 3.44. The highest BCUT2D eigenvalue weighted by atomic mass is 16.5. The Hall–Kier alpha value is -2.85. The number of carbonyl (C=O) groups is 1. The van der Waals surface area contributed by atoms with Crippen LogP contribution in [-0.4, -0.2) is 25.1 Å². The molecule has 3 unspecified atom stereocenters. The van der Waals surface area contributed by atoms with Gasteiger partial charge in [0, 0.05) is 11.5 Å². The lowest BCUT2D eigenvalue weighted by Crippen LogP contribution is -2.58. The third kappa shape index (κ3) is 1.86. The average Bonchev–Trinajstić information content (AvgIpc) is 2.96.